The van der Waals surface area contributed by atoms with Gasteiger partial charge in [-0.2, -0.15) is 0 Å². The smallest absolute Gasteiger partial charge is 0.0873 e. The van der Waals surface area contributed by atoms with Gasteiger partial charge in [0.25, 0.3) is 0 Å². The van der Waals surface area contributed by atoms with Crippen LogP contribution in [0.5, 0.6) is 0 Å². The van der Waals surface area contributed by atoms with E-state index in [1.807, 2.05) is 6.92 Å². The Morgan fingerprint density at radius 2 is 1.73 bits per heavy atom. The molecule has 1 heteroatoms. The molecule has 1 N–H and O–H groups in total. The van der Waals surface area contributed by atoms with Crippen LogP contribution < -0.4 is 0 Å². The molecule has 1 unspecified atom stereocenters. The van der Waals surface area contributed by atoms with Crippen LogP contribution in [0.4, 0.5) is 0 Å². The van der Waals surface area contributed by atoms with Gasteiger partial charge in [-0.25, -0.2) is 0 Å². The molecule has 0 spiro atoms. The maximum Gasteiger partial charge on any atom is 0.0873 e. The summed E-state index contributed by atoms with van der Waals surface area (Å²) in [6.07, 6.45) is 3.36. The van der Waals surface area contributed by atoms with Crippen molar-refractivity contribution in [2.75, 3.05) is 0 Å². The summed E-state index contributed by atoms with van der Waals surface area (Å²) in [5.74, 6) is 0. The first-order valence-electron chi connectivity index (χ1n) is 4.29. The Kier molecular flexibility index (Phi) is 3.30. The SMILES string of the molecule is C=CC(O)(CC)C(C)(C)CC. The molecule has 0 aromatic heterocycles. The monoisotopic (exact) mass is 156 g/mol. The molecule has 0 heterocycles. The van der Waals surface area contributed by atoms with E-state index in [0.717, 1.165) is 12.8 Å². The van der Waals surface area contributed by atoms with Crippen molar-refractivity contribution in [3.05, 3.63) is 12.7 Å². The minimum Gasteiger partial charge on any atom is -0.385 e. The molecule has 0 fully saturated rings. The van der Waals surface area contributed by atoms with Crippen LogP contribution >= 0.6 is 0 Å². The Balaban J connectivity index is 4.60. The number of hydrogen-bond acceptors (Lipinski definition) is 1. The summed E-state index contributed by atoms with van der Waals surface area (Å²) in [6, 6.07) is 0. The van der Waals surface area contributed by atoms with E-state index in [-0.39, 0.29) is 5.41 Å². The fraction of sp³-hybridized carbons (Fsp3) is 0.800. The van der Waals surface area contributed by atoms with Crippen LogP contribution in [0, 0.1) is 5.41 Å². The lowest BCUT2D eigenvalue weighted by Gasteiger charge is -2.39. The van der Waals surface area contributed by atoms with Crippen molar-refractivity contribution in [1.82, 2.24) is 0 Å². The zero-order valence-corrected chi connectivity index (χ0v) is 8.15. The standard InChI is InChI=1S/C10H20O/c1-6-9(4,5)10(11,7-2)8-3/h7,11H,2,6,8H2,1,3-5H3. The highest BCUT2D eigenvalue weighted by atomic mass is 16.3. The van der Waals surface area contributed by atoms with Crippen molar-refractivity contribution < 1.29 is 5.11 Å². The molecule has 11 heavy (non-hydrogen) atoms. The summed E-state index contributed by atoms with van der Waals surface area (Å²) in [6.45, 7) is 11.9. The quantitative estimate of drug-likeness (QED) is 0.620. The summed E-state index contributed by atoms with van der Waals surface area (Å²) in [4.78, 5) is 0. The highest BCUT2D eigenvalue weighted by molar-refractivity contribution is 5.03. The first-order chi connectivity index (χ1) is 4.93. The van der Waals surface area contributed by atoms with E-state index < -0.39 is 5.60 Å². The van der Waals surface area contributed by atoms with E-state index >= 15 is 0 Å². The largest absolute Gasteiger partial charge is 0.385 e. The Hall–Kier alpha value is -0.300. The Morgan fingerprint density at radius 3 is 1.82 bits per heavy atom. The van der Waals surface area contributed by atoms with Gasteiger partial charge in [0.05, 0.1) is 5.60 Å². The lowest BCUT2D eigenvalue weighted by atomic mass is 9.71. The molecule has 0 aliphatic carbocycles. The molecule has 0 saturated heterocycles. The van der Waals surface area contributed by atoms with Gasteiger partial charge in [-0.05, 0) is 18.3 Å². The van der Waals surface area contributed by atoms with E-state index in [0.29, 0.717) is 0 Å². The predicted octanol–water partition coefficient (Wildman–Crippen LogP) is 2.75. The normalized spacial score (nSPS) is 17.5. The Morgan fingerprint density at radius 1 is 1.27 bits per heavy atom. The fourth-order valence-electron chi connectivity index (χ4n) is 1.21. The molecule has 0 aromatic rings. The fourth-order valence-corrected chi connectivity index (χ4v) is 1.21. The molecule has 1 nitrogen and oxygen atoms in total. The molecule has 1 atom stereocenters. The number of hydrogen-bond donors (Lipinski definition) is 1. The molecule has 0 rings (SSSR count). The van der Waals surface area contributed by atoms with Crippen LogP contribution in [0.2, 0.25) is 0 Å². The van der Waals surface area contributed by atoms with Crippen LogP contribution in [0.25, 0.3) is 0 Å². The zero-order valence-electron chi connectivity index (χ0n) is 8.15. The number of aliphatic hydroxyl groups is 1. The van der Waals surface area contributed by atoms with E-state index in [4.69, 9.17) is 0 Å². The van der Waals surface area contributed by atoms with Crippen LogP contribution in [-0.2, 0) is 0 Å². The summed E-state index contributed by atoms with van der Waals surface area (Å²) >= 11 is 0. The summed E-state index contributed by atoms with van der Waals surface area (Å²) < 4.78 is 0. The molecule has 0 aliphatic heterocycles. The van der Waals surface area contributed by atoms with Crippen LogP contribution in [0.15, 0.2) is 12.7 Å². The van der Waals surface area contributed by atoms with Crippen LogP contribution in [0.3, 0.4) is 0 Å². The second kappa shape index (κ2) is 3.40. The van der Waals surface area contributed by atoms with Crippen LogP contribution in [-0.4, -0.2) is 10.7 Å². The molecule has 0 aromatic carbocycles. The Labute approximate surface area is 70.1 Å². The van der Waals surface area contributed by atoms with Gasteiger partial charge in [-0.3, -0.25) is 0 Å². The van der Waals surface area contributed by atoms with Gasteiger partial charge in [-0.15, -0.1) is 6.58 Å². The molecule has 0 saturated carbocycles. The first kappa shape index (κ1) is 10.7. The third-order valence-electron chi connectivity index (χ3n) is 2.93. The third-order valence-corrected chi connectivity index (χ3v) is 2.93. The third kappa shape index (κ3) is 1.84. The highest BCUT2D eigenvalue weighted by Crippen LogP contribution is 2.37. The lowest BCUT2D eigenvalue weighted by Crippen LogP contribution is -2.41. The van der Waals surface area contributed by atoms with Crippen molar-refractivity contribution in [3.63, 3.8) is 0 Å². The average Bonchev–Trinajstić information content (AvgIpc) is 2.02. The topological polar surface area (TPSA) is 20.2 Å². The summed E-state index contributed by atoms with van der Waals surface area (Å²) in [7, 11) is 0. The predicted molar refractivity (Wildman–Crippen MR) is 49.5 cm³/mol. The van der Waals surface area contributed by atoms with E-state index in [9.17, 15) is 5.11 Å². The molecule has 0 amide bonds. The summed E-state index contributed by atoms with van der Waals surface area (Å²) in [5, 5.41) is 10.0. The molecule has 0 aliphatic rings. The van der Waals surface area contributed by atoms with Gasteiger partial charge < -0.3 is 5.11 Å². The molecule has 66 valence electrons. The maximum absolute atomic E-state index is 10.0. The Bertz CT molecular complexity index is 138. The van der Waals surface area contributed by atoms with Gasteiger partial charge in [0.2, 0.25) is 0 Å². The molecule has 0 radical (unpaired) electrons. The van der Waals surface area contributed by atoms with Gasteiger partial charge in [0.1, 0.15) is 0 Å². The second-order valence-corrected chi connectivity index (χ2v) is 3.72. The lowest BCUT2D eigenvalue weighted by molar-refractivity contribution is -0.0292. The second-order valence-electron chi connectivity index (χ2n) is 3.72. The van der Waals surface area contributed by atoms with Crippen LogP contribution in [0.1, 0.15) is 40.5 Å². The van der Waals surface area contributed by atoms with Crippen molar-refractivity contribution in [2.45, 2.75) is 46.1 Å². The van der Waals surface area contributed by atoms with Crippen molar-refractivity contribution in [3.8, 4) is 0 Å². The zero-order chi connectivity index (χ0) is 9.12. The molecular weight excluding hydrogens is 136 g/mol. The maximum atomic E-state index is 10.0. The van der Waals surface area contributed by atoms with Gasteiger partial charge >= 0.3 is 0 Å². The summed E-state index contributed by atoms with van der Waals surface area (Å²) in [5.41, 5.74) is -0.773. The number of rotatable bonds is 4. The first-order valence-corrected chi connectivity index (χ1v) is 4.29. The van der Waals surface area contributed by atoms with E-state index in [1.54, 1.807) is 6.08 Å². The highest BCUT2D eigenvalue weighted by Gasteiger charge is 2.37. The van der Waals surface area contributed by atoms with E-state index in [1.165, 1.54) is 0 Å². The van der Waals surface area contributed by atoms with Crippen molar-refractivity contribution in [1.29, 1.82) is 0 Å². The van der Waals surface area contributed by atoms with E-state index in [2.05, 4.69) is 27.4 Å². The van der Waals surface area contributed by atoms with Gasteiger partial charge in [0.15, 0.2) is 0 Å². The van der Waals surface area contributed by atoms with Crippen molar-refractivity contribution in [2.24, 2.45) is 5.41 Å². The minimum atomic E-state index is -0.707. The van der Waals surface area contributed by atoms with Gasteiger partial charge in [-0.1, -0.05) is 33.8 Å². The van der Waals surface area contributed by atoms with Gasteiger partial charge in [0, 0.05) is 0 Å². The average molecular weight is 156 g/mol. The molecule has 0 bridgehead atoms. The van der Waals surface area contributed by atoms with Crippen molar-refractivity contribution >= 4 is 0 Å². The minimum absolute atomic E-state index is 0.0660. The molecular formula is C10H20O.